The van der Waals surface area contributed by atoms with E-state index in [1.165, 1.54) is 36.7 Å². The third-order valence-corrected chi connectivity index (χ3v) is 10.2. The Bertz CT molecular complexity index is 1520. The molecule has 4 rings (SSSR count). The number of carbonyl (C=O) groups is 2. The third kappa shape index (κ3) is 8.04. The minimum absolute atomic E-state index is 0.0414. The van der Waals surface area contributed by atoms with Crippen LogP contribution in [-0.2, 0) is 19.6 Å². The van der Waals surface area contributed by atoms with E-state index < -0.39 is 27.9 Å². The minimum Gasteiger partial charge on any atom is -0.493 e. The van der Waals surface area contributed by atoms with Gasteiger partial charge in [0.25, 0.3) is 0 Å². The lowest BCUT2D eigenvalue weighted by molar-refractivity contribution is -0.137. The van der Waals surface area contributed by atoms with Gasteiger partial charge in [0, 0.05) is 12.6 Å². The second kappa shape index (κ2) is 15.9. The number of rotatable bonds is 14. The van der Waals surface area contributed by atoms with Crippen LogP contribution in [0.4, 0.5) is 0 Å². The fraction of sp³-hybridized carbons (Fsp3) is 0.429. The van der Waals surface area contributed by atoms with Crippen molar-refractivity contribution in [2.75, 3.05) is 20.8 Å². The lowest BCUT2D eigenvalue weighted by atomic mass is 9.88. The van der Waals surface area contributed by atoms with E-state index >= 15 is 0 Å². The molecule has 2 amide bonds. The molecule has 9 nitrogen and oxygen atoms in total. The summed E-state index contributed by atoms with van der Waals surface area (Å²) in [5.41, 5.74) is 1.89. The molecular weight excluding hydrogens is 590 g/mol. The highest BCUT2D eigenvalue weighted by Crippen LogP contribution is 2.35. The van der Waals surface area contributed by atoms with Crippen molar-refractivity contribution in [3.63, 3.8) is 0 Å². The Morgan fingerprint density at radius 3 is 1.84 bits per heavy atom. The molecule has 1 heterocycles. The fourth-order valence-corrected chi connectivity index (χ4v) is 7.74. The monoisotopic (exact) mass is 635 g/mol. The number of nitrogens with one attached hydrogen (secondary N) is 2. The van der Waals surface area contributed by atoms with Crippen LogP contribution in [0, 0.1) is 5.92 Å². The molecule has 0 bridgehead atoms. The van der Waals surface area contributed by atoms with Gasteiger partial charge in [-0.25, -0.2) is 8.42 Å². The molecule has 10 heteroatoms. The average Bonchev–Trinajstić information content (AvgIpc) is 3.07. The largest absolute Gasteiger partial charge is 0.493 e. The molecule has 0 aliphatic carbocycles. The lowest BCUT2D eigenvalue weighted by Gasteiger charge is -2.39. The van der Waals surface area contributed by atoms with E-state index in [0.29, 0.717) is 31.4 Å². The molecule has 3 aromatic carbocycles. The van der Waals surface area contributed by atoms with Crippen LogP contribution in [-0.4, -0.2) is 51.3 Å². The van der Waals surface area contributed by atoms with Crippen molar-refractivity contribution in [3.8, 4) is 11.5 Å². The standard InChI is InChI=1S/C35H45N3O6S/c1-5-14-29(25-16-9-7-10-17-25)36-34(39)28-20-13-23-38(45(41,42)27-21-22-31(43-3)32(24-27)44-4)33(28)35(40)37-30(15-6-2)26-18-11-8-12-19-26/h7-12,16-19,21-22,24,28-30,33H,5-6,13-15,20,23H2,1-4H3,(H,36,39)(H,37,40)/t28-,29?,30?,33+/m0/s1. The number of hydrogen-bond donors (Lipinski definition) is 2. The van der Waals surface area contributed by atoms with Gasteiger partial charge in [0.2, 0.25) is 21.8 Å². The molecule has 1 aliphatic heterocycles. The lowest BCUT2D eigenvalue weighted by Crippen LogP contribution is -2.59. The van der Waals surface area contributed by atoms with Crippen LogP contribution in [0.1, 0.15) is 75.6 Å². The molecule has 2 N–H and O–H groups in total. The molecule has 0 spiro atoms. The number of sulfonamides is 1. The second-order valence-electron chi connectivity index (χ2n) is 11.3. The second-order valence-corrected chi connectivity index (χ2v) is 13.2. The van der Waals surface area contributed by atoms with E-state index in [4.69, 9.17) is 9.47 Å². The highest BCUT2D eigenvalue weighted by Gasteiger charge is 2.47. The zero-order valence-electron chi connectivity index (χ0n) is 26.6. The van der Waals surface area contributed by atoms with E-state index in [2.05, 4.69) is 10.6 Å². The van der Waals surface area contributed by atoms with Crippen molar-refractivity contribution >= 4 is 21.8 Å². The summed E-state index contributed by atoms with van der Waals surface area (Å²) in [6.45, 7) is 4.18. The normalized spacial score (nSPS) is 18.4. The molecule has 1 fully saturated rings. The van der Waals surface area contributed by atoms with Gasteiger partial charge in [0.1, 0.15) is 6.04 Å². The Morgan fingerprint density at radius 2 is 1.33 bits per heavy atom. The smallest absolute Gasteiger partial charge is 0.243 e. The van der Waals surface area contributed by atoms with Crippen molar-refractivity contribution < 1.29 is 27.5 Å². The van der Waals surface area contributed by atoms with Gasteiger partial charge >= 0.3 is 0 Å². The molecule has 1 saturated heterocycles. The van der Waals surface area contributed by atoms with Crippen molar-refractivity contribution in [3.05, 3.63) is 90.0 Å². The Kier molecular flexibility index (Phi) is 12.0. The number of ether oxygens (including phenoxy) is 2. The number of benzene rings is 3. The maximum atomic E-state index is 14.3. The SMILES string of the molecule is CCCC(NC(=O)[C@H]1CCCN(S(=O)(=O)c2ccc(OC)c(OC)c2)[C@H]1C(=O)NC(CCC)c1ccccc1)c1ccccc1. The van der Waals surface area contributed by atoms with Crippen LogP contribution in [0.2, 0.25) is 0 Å². The van der Waals surface area contributed by atoms with E-state index in [0.717, 1.165) is 24.0 Å². The highest BCUT2D eigenvalue weighted by atomic mass is 32.2. The number of methoxy groups -OCH3 is 2. The van der Waals surface area contributed by atoms with Gasteiger partial charge in [-0.05, 0) is 48.9 Å². The first-order chi connectivity index (χ1) is 21.7. The summed E-state index contributed by atoms with van der Waals surface area (Å²) < 4.78 is 40.5. The summed E-state index contributed by atoms with van der Waals surface area (Å²) in [4.78, 5) is 28.4. The number of nitrogens with zero attached hydrogens (tertiary/aromatic N) is 1. The van der Waals surface area contributed by atoms with E-state index in [1.807, 2.05) is 74.5 Å². The summed E-state index contributed by atoms with van der Waals surface area (Å²) in [6.07, 6.45) is 3.81. The quantitative estimate of drug-likeness (QED) is 0.232. The highest BCUT2D eigenvalue weighted by molar-refractivity contribution is 7.89. The first kappa shape index (κ1) is 34.0. The van der Waals surface area contributed by atoms with Gasteiger partial charge in [-0.3, -0.25) is 9.59 Å². The topological polar surface area (TPSA) is 114 Å². The summed E-state index contributed by atoms with van der Waals surface area (Å²) in [5, 5.41) is 6.29. The molecule has 0 radical (unpaired) electrons. The van der Waals surface area contributed by atoms with E-state index in [1.54, 1.807) is 0 Å². The van der Waals surface area contributed by atoms with Crippen molar-refractivity contribution in [2.45, 2.75) is 75.4 Å². The Hall–Kier alpha value is -3.89. The van der Waals surface area contributed by atoms with Crippen LogP contribution >= 0.6 is 0 Å². The molecule has 0 aromatic heterocycles. The first-order valence-corrected chi connectivity index (χ1v) is 17.1. The van der Waals surface area contributed by atoms with Crippen molar-refractivity contribution in [1.82, 2.24) is 14.9 Å². The average molecular weight is 636 g/mol. The molecule has 1 aliphatic rings. The van der Waals surface area contributed by atoms with Crippen molar-refractivity contribution in [2.24, 2.45) is 5.92 Å². The predicted octanol–water partition coefficient (Wildman–Crippen LogP) is 5.79. The van der Waals surface area contributed by atoms with Gasteiger partial charge in [0.05, 0.1) is 37.1 Å². The van der Waals surface area contributed by atoms with Crippen molar-refractivity contribution in [1.29, 1.82) is 0 Å². The maximum absolute atomic E-state index is 14.3. The van der Waals surface area contributed by atoms with E-state index in [9.17, 15) is 18.0 Å². The van der Waals surface area contributed by atoms with Crippen LogP contribution in [0.15, 0.2) is 83.8 Å². The molecule has 242 valence electrons. The minimum atomic E-state index is -4.23. The predicted molar refractivity (Wildman–Crippen MR) is 174 cm³/mol. The molecule has 4 atom stereocenters. The molecular formula is C35H45N3O6S. The molecule has 2 unspecified atom stereocenters. The van der Waals surface area contributed by atoms with Crippen LogP contribution in [0.25, 0.3) is 0 Å². The Balaban J connectivity index is 1.73. The summed E-state index contributed by atoms with van der Waals surface area (Å²) in [7, 11) is -1.32. The van der Waals surface area contributed by atoms with Gasteiger partial charge in [0.15, 0.2) is 11.5 Å². The van der Waals surface area contributed by atoms with Gasteiger partial charge in [-0.2, -0.15) is 4.31 Å². The Morgan fingerprint density at radius 1 is 0.800 bits per heavy atom. The number of piperidine rings is 1. The number of carbonyl (C=O) groups excluding carboxylic acids is 2. The van der Waals surface area contributed by atoms with Gasteiger partial charge < -0.3 is 20.1 Å². The van der Waals surface area contributed by atoms with Gasteiger partial charge in [-0.1, -0.05) is 87.4 Å². The molecule has 3 aromatic rings. The first-order valence-electron chi connectivity index (χ1n) is 15.7. The van der Waals surface area contributed by atoms with Crippen LogP contribution < -0.4 is 20.1 Å². The zero-order valence-corrected chi connectivity index (χ0v) is 27.4. The Labute approximate surface area is 267 Å². The van der Waals surface area contributed by atoms with E-state index in [-0.39, 0.29) is 35.2 Å². The number of hydrogen-bond acceptors (Lipinski definition) is 6. The maximum Gasteiger partial charge on any atom is 0.243 e. The summed E-state index contributed by atoms with van der Waals surface area (Å²) in [5.74, 6) is -1.09. The fourth-order valence-electron chi connectivity index (χ4n) is 6.06. The van der Waals surface area contributed by atoms with Gasteiger partial charge in [-0.15, -0.1) is 0 Å². The third-order valence-electron chi connectivity index (χ3n) is 8.34. The van der Waals surface area contributed by atoms with Crippen LogP contribution in [0.5, 0.6) is 11.5 Å². The molecule has 0 saturated carbocycles. The molecule has 45 heavy (non-hydrogen) atoms. The zero-order chi connectivity index (χ0) is 32.4. The summed E-state index contributed by atoms with van der Waals surface area (Å²) >= 11 is 0. The van der Waals surface area contributed by atoms with Crippen LogP contribution in [0.3, 0.4) is 0 Å². The number of amides is 2. The summed E-state index contributed by atoms with van der Waals surface area (Å²) in [6, 6.07) is 21.8.